The number of benzene rings is 1. The first kappa shape index (κ1) is 14.0. The van der Waals surface area contributed by atoms with E-state index >= 15 is 0 Å². The predicted molar refractivity (Wildman–Crippen MR) is 69.2 cm³/mol. The van der Waals surface area contributed by atoms with Gasteiger partial charge >= 0.3 is 0 Å². The standard InChI is InChI=1S/C13H18ClNO2/c1-3-9(2)12(8-16)15-13(17)10-4-6-11(14)7-5-10/h4-7,9,12,16H,3,8H2,1-2H3,(H,15,17)/t9-,12+/m0/s1. The lowest BCUT2D eigenvalue weighted by atomic mass is 9.99. The molecule has 0 spiro atoms. The summed E-state index contributed by atoms with van der Waals surface area (Å²) in [5.41, 5.74) is 0.552. The van der Waals surface area contributed by atoms with Crippen molar-refractivity contribution in [2.24, 2.45) is 5.92 Å². The number of carbonyl (C=O) groups excluding carboxylic acids is 1. The van der Waals surface area contributed by atoms with Gasteiger partial charge in [-0.2, -0.15) is 0 Å². The number of amides is 1. The van der Waals surface area contributed by atoms with Crippen LogP contribution in [0.2, 0.25) is 5.02 Å². The molecule has 1 amide bonds. The fourth-order valence-electron chi connectivity index (χ4n) is 1.51. The quantitative estimate of drug-likeness (QED) is 0.849. The summed E-state index contributed by atoms with van der Waals surface area (Å²) < 4.78 is 0. The van der Waals surface area contributed by atoms with Crippen LogP contribution >= 0.6 is 11.6 Å². The minimum absolute atomic E-state index is 0.0473. The zero-order chi connectivity index (χ0) is 12.8. The van der Waals surface area contributed by atoms with Crippen molar-refractivity contribution in [1.29, 1.82) is 0 Å². The third-order valence-corrected chi connectivity index (χ3v) is 3.20. The summed E-state index contributed by atoms with van der Waals surface area (Å²) >= 11 is 5.75. The summed E-state index contributed by atoms with van der Waals surface area (Å²) in [6.45, 7) is 3.99. The van der Waals surface area contributed by atoms with E-state index in [0.29, 0.717) is 10.6 Å². The Bertz CT molecular complexity index is 364. The Labute approximate surface area is 107 Å². The molecule has 3 nitrogen and oxygen atoms in total. The summed E-state index contributed by atoms with van der Waals surface area (Å²) in [7, 11) is 0. The molecule has 0 aliphatic rings. The van der Waals surface area contributed by atoms with Crippen LogP contribution in [0.4, 0.5) is 0 Å². The summed E-state index contributed by atoms with van der Waals surface area (Å²) in [6, 6.07) is 6.48. The molecular weight excluding hydrogens is 238 g/mol. The lowest BCUT2D eigenvalue weighted by Gasteiger charge is -2.22. The van der Waals surface area contributed by atoms with Crippen molar-refractivity contribution in [2.45, 2.75) is 26.3 Å². The lowest BCUT2D eigenvalue weighted by Crippen LogP contribution is -2.41. The number of aliphatic hydroxyl groups is 1. The van der Waals surface area contributed by atoms with Crippen LogP contribution in [0, 0.1) is 5.92 Å². The highest BCUT2D eigenvalue weighted by Gasteiger charge is 2.17. The Morgan fingerprint density at radius 3 is 2.47 bits per heavy atom. The molecular formula is C13H18ClNO2. The Morgan fingerprint density at radius 2 is 2.00 bits per heavy atom. The Balaban J connectivity index is 2.67. The molecule has 0 unspecified atom stereocenters. The van der Waals surface area contributed by atoms with Crippen molar-refractivity contribution >= 4 is 17.5 Å². The number of halogens is 1. The van der Waals surface area contributed by atoms with Gasteiger partial charge in [-0.3, -0.25) is 4.79 Å². The second-order valence-electron chi connectivity index (χ2n) is 4.15. The van der Waals surface area contributed by atoms with Gasteiger partial charge in [0.05, 0.1) is 12.6 Å². The van der Waals surface area contributed by atoms with Crippen LogP contribution in [0.25, 0.3) is 0 Å². The van der Waals surface area contributed by atoms with Crippen molar-refractivity contribution in [3.63, 3.8) is 0 Å². The molecule has 2 N–H and O–H groups in total. The topological polar surface area (TPSA) is 49.3 Å². The maximum Gasteiger partial charge on any atom is 0.251 e. The number of rotatable bonds is 5. The Kier molecular flexibility index (Phi) is 5.45. The Morgan fingerprint density at radius 1 is 1.41 bits per heavy atom. The van der Waals surface area contributed by atoms with Gasteiger partial charge in [0, 0.05) is 10.6 Å². The van der Waals surface area contributed by atoms with E-state index < -0.39 is 0 Å². The molecule has 0 fully saturated rings. The summed E-state index contributed by atoms with van der Waals surface area (Å²) in [5, 5.41) is 12.7. The van der Waals surface area contributed by atoms with Crippen LogP contribution in [0.3, 0.4) is 0 Å². The first-order chi connectivity index (χ1) is 8.08. The monoisotopic (exact) mass is 255 g/mol. The highest BCUT2D eigenvalue weighted by molar-refractivity contribution is 6.30. The molecule has 0 saturated heterocycles. The van der Waals surface area contributed by atoms with E-state index in [1.165, 1.54) is 0 Å². The number of carbonyl (C=O) groups is 1. The molecule has 0 aromatic heterocycles. The maximum atomic E-state index is 11.9. The number of hydrogen-bond acceptors (Lipinski definition) is 2. The van der Waals surface area contributed by atoms with Crippen LogP contribution in [0.15, 0.2) is 24.3 Å². The second-order valence-corrected chi connectivity index (χ2v) is 4.59. The van der Waals surface area contributed by atoms with E-state index in [0.717, 1.165) is 6.42 Å². The molecule has 4 heteroatoms. The van der Waals surface area contributed by atoms with Crippen molar-refractivity contribution < 1.29 is 9.90 Å². The molecule has 0 aliphatic heterocycles. The first-order valence-corrected chi connectivity index (χ1v) is 6.13. The third-order valence-electron chi connectivity index (χ3n) is 2.95. The summed E-state index contributed by atoms with van der Waals surface area (Å²) in [6.07, 6.45) is 0.909. The first-order valence-electron chi connectivity index (χ1n) is 5.75. The van der Waals surface area contributed by atoms with Gasteiger partial charge in [0.2, 0.25) is 0 Å². The van der Waals surface area contributed by atoms with Gasteiger partial charge < -0.3 is 10.4 Å². The molecule has 0 aliphatic carbocycles. The van der Waals surface area contributed by atoms with Gasteiger partial charge in [-0.1, -0.05) is 31.9 Å². The normalized spacial score (nSPS) is 14.1. The van der Waals surface area contributed by atoms with E-state index in [1.54, 1.807) is 24.3 Å². The molecule has 2 atom stereocenters. The molecule has 17 heavy (non-hydrogen) atoms. The van der Waals surface area contributed by atoms with Gasteiger partial charge in [-0.05, 0) is 30.2 Å². The maximum absolute atomic E-state index is 11.9. The average Bonchev–Trinajstić information content (AvgIpc) is 2.35. The van der Waals surface area contributed by atoms with Gasteiger partial charge in [-0.25, -0.2) is 0 Å². The summed E-state index contributed by atoms with van der Waals surface area (Å²) in [4.78, 5) is 11.9. The fraction of sp³-hybridized carbons (Fsp3) is 0.462. The van der Waals surface area contributed by atoms with Crippen LogP contribution in [0.1, 0.15) is 30.6 Å². The van der Waals surface area contributed by atoms with Crippen molar-refractivity contribution in [3.8, 4) is 0 Å². The van der Waals surface area contributed by atoms with E-state index in [-0.39, 0.29) is 24.5 Å². The van der Waals surface area contributed by atoms with Crippen molar-refractivity contribution in [2.75, 3.05) is 6.61 Å². The van der Waals surface area contributed by atoms with Gasteiger partial charge in [0.15, 0.2) is 0 Å². The Hall–Kier alpha value is -1.06. The smallest absolute Gasteiger partial charge is 0.251 e. The average molecular weight is 256 g/mol. The minimum Gasteiger partial charge on any atom is -0.394 e. The molecule has 1 aromatic rings. The van der Waals surface area contributed by atoms with Gasteiger partial charge in [0.25, 0.3) is 5.91 Å². The third kappa shape index (κ3) is 4.02. The number of aliphatic hydroxyl groups excluding tert-OH is 1. The molecule has 0 radical (unpaired) electrons. The SMILES string of the molecule is CC[C@H](C)[C@@H](CO)NC(=O)c1ccc(Cl)cc1. The molecule has 1 aromatic carbocycles. The van der Waals surface area contributed by atoms with Crippen LogP contribution in [0.5, 0.6) is 0 Å². The molecule has 0 heterocycles. The van der Waals surface area contributed by atoms with E-state index in [4.69, 9.17) is 11.6 Å². The zero-order valence-electron chi connectivity index (χ0n) is 10.1. The van der Waals surface area contributed by atoms with E-state index in [2.05, 4.69) is 5.32 Å². The van der Waals surface area contributed by atoms with Crippen molar-refractivity contribution in [3.05, 3.63) is 34.9 Å². The summed E-state index contributed by atoms with van der Waals surface area (Å²) in [5.74, 6) is 0.0669. The molecule has 1 rings (SSSR count). The second kappa shape index (κ2) is 6.62. The molecule has 94 valence electrons. The van der Waals surface area contributed by atoms with Crippen LogP contribution in [-0.4, -0.2) is 23.7 Å². The van der Waals surface area contributed by atoms with E-state index in [9.17, 15) is 9.90 Å². The molecule has 0 bridgehead atoms. The predicted octanol–water partition coefficient (Wildman–Crippen LogP) is 2.48. The van der Waals surface area contributed by atoms with Gasteiger partial charge in [-0.15, -0.1) is 0 Å². The highest BCUT2D eigenvalue weighted by atomic mass is 35.5. The van der Waals surface area contributed by atoms with E-state index in [1.807, 2.05) is 13.8 Å². The van der Waals surface area contributed by atoms with Crippen LogP contribution in [-0.2, 0) is 0 Å². The zero-order valence-corrected chi connectivity index (χ0v) is 10.9. The van der Waals surface area contributed by atoms with Gasteiger partial charge in [0.1, 0.15) is 0 Å². The fourth-order valence-corrected chi connectivity index (χ4v) is 1.63. The molecule has 0 saturated carbocycles. The van der Waals surface area contributed by atoms with Crippen molar-refractivity contribution in [1.82, 2.24) is 5.32 Å². The number of hydrogen-bond donors (Lipinski definition) is 2. The van der Waals surface area contributed by atoms with Crippen LogP contribution < -0.4 is 5.32 Å². The highest BCUT2D eigenvalue weighted by Crippen LogP contribution is 2.11. The largest absolute Gasteiger partial charge is 0.394 e. The minimum atomic E-state index is -0.205. The number of nitrogens with one attached hydrogen (secondary N) is 1. The lowest BCUT2D eigenvalue weighted by molar-refractivity contribution is 0.0891.